The Balaban J connectivity index is 1.39. The number of aromatic nitrogens is 1. The minimum atomic E-state index is 0.767. The molecule has 4 nitrogen and oxygen atoms in total. The van der Waals surface area contributed by atoms with Crippen LogP contribution in [0.15, 0.2) is 18.2 Å². The first-order valence-electron chi connectivity index (χ1n) is 10.5. The summed E-state index contributed by atoms with van der Waals surface area (Å²) in [7, 11) is 2.22. The van der Waals surface area contributed by atoms with Crippen molar-refractivity contribution in [1.29, 1.82) is 0 Å². The first kappa shape index (κ1) is 19.0. The molecule has 0 saturated carbocycles. The van der Waals surface area contributed by atoms with E-state index in [0.29, 0.717) is 0 Å². The fourth-order valence-electron chi connectivity index (χ4n) is 4.35. The molecule has 1 aromatic heterocycles. The van der Waals surface area contributed by atoms with E-state index in [1.54, 1.807) is 0 Å². The molecule has 0 atom stereocenters. The predicted octanol–water partition coefficient (Wildman–Crippen LogP) is 4.21. The predicted molar refractivity (Wildman–Crippen MR) is 115 cm³/mol. The Labute approximate surface area is 167 Å². The van der Waals surface area contributed by atoms with E-state index < -0.39 is 0 Å². The smallest absolute Gasteiger partial charge is 0.0741 e. The number of aryl methyl sites for hydroxylation is 1. The molecule has 0 amide bonds. The van der Waals surface area contributed by atoms with E-state index in [1.807, 2.05) is 12.1 Å². The molecule has 0 unspecified atom stereocenters. The summed E-state index contributed by atoms with van der Waals surface area (Å²) in [6.45, 7) is 7.09. The van der Waals surface area contributed by atoms with Crippen LogP contribution in [0.4, 0.5) is 5.69 Å². The molecule has 2 aliphatic rings. The first-order valence-corrected chi connectivity index (χ1v) is 10.8. The highest BCUT2D eigenvalue weighted by Gasteiger charge is 2.18. The summed E-state index contributed by atoms with van der Waals surface area (Å²) in [6, 6.07) is 6.12. The zero-order valence-electron chi connectivity index (χ0n) is 16.4. The molecule has 2 aromatic rings. The maximum absolute atomic E-state index is 6.21. The van der Waals surface area contributed by atoms with Crippen molar-refractivity contribution in [3.63, 3.8) is 0 Å². The van der Waals surface area contributed by atoms with Crippen LogP contribution in [0.25, 0.3) is 10.9 Å². The molecule has 1 aromatic carbocycles. The molecule has 0 bridgehead atoms. The number of benzene rings is 1. The first-order chi connectivity index (χ1) is 13.2. The van der Waals surface area contributed by atoms with E-state index in [0.717, 1.165) is 29.9 Å². The number of halogens is 1. The lowest BCUT2D eigenvalue weighted by Crippen LogP contribution is -2.44. The van der Waals surface area contributed by atoms with E-state index in [-0.39, 0.29) is 0 Å². The Morgan fingerprint density at radius 3 is 2.74 bits per heavy atom. The number of likely N-dealkylation sites (N-methyl/N-ethyl adjacent to an activating group) is 1. The van der Waals surface area contributed by atoms with Gasteiger partial charge in [0, 0.05) is 54.5 Å². The van der Waals surface area contributed by atoms with Crippen LogP contribution in [0.2, 0.25) is 5.02 Å². The summed E-state index contributed by atoms with van der Waals surface area (Å²) in [5.74, 6) is 0. The van der Waals surface area contributed by atoms with Gasteiger partial charge in [0.15, 0.2) is 0 Å². The largest absolute Gasteiger partial charge is 0.384 e. The highest BCUT2D eigenvalue weighted by Crippen LogP contribution is 2.34. The average Bonchev–Trinajstić information content (AvgIpc) is 2.68. The average molecular weight is 387 g/mol. The van der Waals surface area contributed by atoms with Crippen molar-refractivity contribution >= 4 is 28.2 Å². The minimum absolute atomic E-state index is 0.767. The van der Waals surface area contributed by atoms with Crippen molar-refractivity contribution in [2.45, 2.75) is 38.5 Å². The lowest BCUT2D eigenvalue weighted by molar-refractivity contribution is 0.152. The maximum Gasteiger partial charge on any atom is 0.0741 e. The molecule has 0 spiro atoms. The lowest BCUT2D eigenvalue weighted by atomic mass is 9.92. The summed E-state index contributed by atoms with van der Waals surface area (Å²) in [6.07, 6.45) is 7.22. The third kappa shape index (κ3) is 4.56. The molecule has 1 aliphatic heterocycles. The van der Waals surface area contributed by atoms with Crippen molar-refractivity contribution < 1.29 is 0 Å². The zero-order chi connectivity index (χ0) is 18.6. The molecule has 27 heavy (non-hydrogen) atoms. The van der Waals surface area contributed by atoms with Crippen LogP contribution in [0.3, 0.4) is 0 Å². The quantitative estimate of drug-likeness (QED) is 0.753. The van der Waals surface area contributed by atoms with Gasteiger partial charge in [-0.05, 0) is 75.9 Å². The molecule has 1 N–H and O–H groups in total. The van der Waals surface area contributed by atoms with Crippen molar-refractivity contribution in [3.8, 4) is 0 Å². The lowest BCUT2D eigenvalue weighted by Gasteiger charge is -2.32. The van der Waals surface area contributed by atoms with Crippen LogP contribution in [0.5, 0.6) is 0 Å². The molecule has 5 heteroatoms. The van der Waals surface area contributed by atoms with E-state index >= 15 is 0 Å². The number of fused-ring (bicyclic) bond motifs is 2. The highest BCUT2D eigenvalue weighted by molar-refractivity contribution is 6.31. The summed E-state index contributed by atoms with van der Waals surface area (Å²) in [4.78, 5) is 9.94. The molecule has 1 fully saturated rings. The minimum Gasteiger partial charge on any atom is -0.384 e. The van der Waals surface area contributed by atoms with Gasteiger partial charge in [-0.3, -0.25) is 4.98 Å². The molecular weight excluding hydrogens is 356 g/mol. The molecule has 1 aliphatic carbocycles. The van der Waals surface area contributed by atoms with E-state index in [2.05, 4.69) is 28.2 Å². The standard InChI is InChI=1S/C22H31ClN4/c1-26-12-14-27(15-13-26)11-5-4-10-24-22-18-6-2-3-7-20(18)25-21-16-17(23)8-9-19(21)22/h8-9,16H,2-7,10-15H2,1H3,(H,24,25). The monoisotopic (exact) mass is 386 g/mol. The van der Waals surface area contributed by atoms with Crippen LogP contribution < -0.4 is 5.32 Å². The van der Waals surface area contributed by atoms with Gasteiger partial charge in [-0.2, -0.15) is 0 Å². The van der Waals surface area contributed by atoms with Gasteiger partial charge in [0.05, 0.1) is 5.52 Å². The van der Waals surface area contributed by atoms with Gasteiger partial charge in [0.25, 0.3) is 0 Å². The second-order valence-corrected chi connectivity index (χ2v) is 8.50. The Bertz CT molecular complexity index is 783. The summed E-state index contributed by atoms with van der Waals surface area (Å²) < 4.78 is 0. The molecule has 4 rings (SSSR count). The number of hydrogen-bond acceptors (Lipinski definition) is 4. The van der Waals surface area contributed by atoms with Crippen molar-refractivity contribution in [2.24, 2.45) is 0 Å². The van der Waals surface area contributed by atoms with Gasteiger partial charge < -0.3 is 15.1 Å². The van der Waals surface area contributed by atoms with Crippen LogP contribution in [0, 0.1) is 0 Å². The van der Waals surface area contributed by atoms with Gasteiger partial charge in [-0.1, -0.05) is 11.6 Å². The molecule has 0 radical (unpaired) electrons. The topological polar surface area (TPSA) is 31.4 Å². The number of pyridine rings is 1. The van der Waals surface area contributed by atoms with Gasteiger partial charge in [-0.15, -0.1) is 0 Å². The fraction of sp³-hybridized carbons (Fsp3) is 0.591. The highest BCUT2D eigenvalue weighted by atomic mass is 35.5. The Morgan fingerprint density at radius 1 is 1.07 bits per heavy atom. The van der Waals surface area contributed by atoms with E-state index in [9.17, 15) is 0 Å². The number of anilines is 1. The van der Waals surface area contributed by atoms with E-state index in [4.69, 9.17) is 16.6 Å². The third-order valence-electron chi connectivity index (χ3n) is 6.02. The number of rotatable bonds is 6. The third-order valence-corrected chi connectivity index (χ3v) is 6.26. The van der Waals surface area contributed by atoms with E-state index in [1.165, 1.54) is 80.7 Å². The number of unbranched alkanes of at least 4 members (excludes halogenated alkanes) is 1. The summed E-state index contributed by atoms with van der Waals surface area (Å²) in [5, 5.41) is 5.76. The second-order valence-electron chi connectivity index (χ2n) is 8.06. The maximum atomic E-state index is 6.21. The van der Waals surface area contributed by atoms with Gasteiger partial charge in [0.1, 0.15) is 0 Å². The van der Waals surface area contributed by atoms with Crippen molar-refractivity contribution in [1.82, 2.24) is 14.8 Å². The van der Waals surface area contributed by atoms with Gasteiger partial charge in [0.2, 0.25) is 0 Å². The Morgan fingerprint density at radius 2 is 1.89 bits per heavy atom. The summed E-state index contributed by atoms with van der Waals surface area (Å²) in [5.41, 5.74) is 5.06. The SMILES string of the molecule is CN1CCN(CCCCNc2c3c(nc4cc(Cl)ccc24)CCCC3)CC1. The zero-order valence-corrected chi connectivity index (χ0v) is 17.2. The Kier molecular flexibility index (Phi) is 6.16. The summed E-state index contributed by atoms with van der Waals surface area (Å²) >= 11 is 6.21. The van der Waals surface area contributed by atoms with Crippen molar-refractivity contribution in [2.75, 3.05) is 51.6 Å². The van der Waals surface area contributed by atoms with Crippen LogP contribution in [-0.4, -0.2) is 61.1 Å². The Hall–Kier alpha value is -1.36. The molecule has 2 heterocycles. The van der Waals surface area contributed by atoms with Gasteiger partial charge >= 0.3 is 0 Å². The molecular formula is C22H31ClN4. The van der Waals surface area contributed by atoms with Crippen LogP contribution in [0.1, 0.15) is 36.9 Å². The normalized spacial score (nSPS) is 18.6. The van der Waals surface area contributed by atoms with Gasteiger partial charge in [-0.25, -0.2) is 0 Å². The number of nitrogens with zero attached hydrogens (tertiary/aromatic N) is 3. The molecule has 146 valence electrons. The number of hydrogen-bond donors (Lipinski definition) is 1. The fourth-order valence-corrected chi connectivity index (χ4v) is 4.51. The molecule has 1 saturated heterocycles. The second kappa shape index (κ2) is 8.76. The van der Waals surface area contributed by atoms with Crippen LogP contribution >= 0.6 is 11.6 Å². The number of nitrogens with one attached hydrogen (secondary N) is 1. The van der Waals surface area contributed by atoms with Crippen LogP contribution in [-0.2, 0) is 12.8 Å². The van der Waals surface area contributed by atoms with Crippen molar-refractivity contribution in [3.05, 3.63) is 34.5 Å². The number of piperazine rings is 1.